The maximum absolute atomic E-state index is 8.56. The SMILES string of the molecule is O=C(O)O.[KH].[Os]. The van der Waals surface area contributed by atoms with E-state index in [4.69, 9.17) is 15.0 Å². The summed E-state index contributed by atoms with van der Waals surface area (Å²) in [6.45, 7) is 0. The van der Waals surface area contributed by atoms with E-state index >= 15 is 0 Å². The van der Waals surface area contributed by atoms with Crippen LogP contribution in [-0.2, 0) is 19.8 Å². The van der Waals surface area contributed by atoms with Gasteiger partial charge in [-0.3, -0.25) is 0 Å². The molecule has 0 saturated heterocycles. The maximum Gasteiger partial charge on any atom is 0 e. The average Bonchev–Trinajstić information content (AvgIpc) is 0.811. The van der Waals surface area contributed by atoms with Gasteiger partial charge in [-0.15, -0.1) is 0 Å². The van der Waals surface area contributed by atoms with Gasteiger partial charge in [0.25, 0.3) is 0 Å². The molecule has 0 aromatic heterocycles. The van der Waals surface area contributed by atoms with Crippen molar-refractivity contribution in [2.45, 2.75) is 0 Å². The van der Waals surface area contributed by atoms with Crippen molar-refractivity contribution in [2.24, 2.45) is 0 Å². The Bertz CT molecular complexity index is 33.8. The van der Waals surface area contributed by atoms with Crippen molar-refractivity contribution in [3.63, 3.8) is 0 Å². The molecule has 34 valence electrons. The third-order valence-corrected chi connectivity index (χ3v) is 0. The zero-order valence-corrected chi connectivity index (χ0v) is 4.70. The molecule has 0 unspecified atom stereocenters. The van der Waals surface area contributed by atoms with E-state index in [-0.39, 0.29) is 71.2 Å². The van der Waals surface area contributed by atoms with Crippen LogP contribution in [-0.4, -0.2) is 67.8 Å². The van der Waals surface area contributed by atoms with Gasteiger partial charge in [0.15, 0.2) is 0 Å². The van der Waals surface area contributed by atoms with Crippen LogP contribution in [0.2, 0.25) is 0 Å². The molecule has 0 saturated carbocycles. The predicted octanol–water partition coefficient (Wildman–Crippen LogP) is -0.429. The number of rotatable bonds is 0. The minimum atomic E-state index is -1.83. The van der Waals surface area contributed by atoms with E-state index in [0.29, 0.717) is 0 Å². The fraction of sp³-hybridized carbons (Fsp3) is 0. The Labute approximate surface area is 90.6 Å². The minimum Gasteiger partial charge on any atom is 0 e. The van der Waals surface area contributed by atoms with E-state index in [1.165, 1.54) is 0 Å². The number of carbonyl (C=O) groups is 1. The van der Waals surface area contributed by atoms with Crippen molar-refractivity contribution in [1.29, 1.82) is 0 Å². The molecule has 0 aromatic rings. The van der Waals surface area contributed by atoms with E-state index < -0.39 is 6.16 Å². The summed E-state index contributed by atoms with van der Waals surface area (Å²) in [5.74, 6) is 0. The molecule has 0 aliphatic rings. The Morgan fingerprint density at radius 1 is 1.33 bits per heavy atom. The van der Waals surface area contributed by atoms with E-state index in [1.54, 1.807) is 0 Å². The molecule has 0 heterocycles. The second-order valence-corrected chi connectivity index (χ2v) is 0.283. The first-order chi connectivity index (χ1) is 1.73. The Morgan fingerprint density at radius 2 is 1.33 bits per heavy atom. The third-order valence-electron chi connectivity index (χ3n) is 0. The largest absolute Gasteiger partial charge is 0 e. The first kappa shape index (κ1) is 15.6. The van der Waals surface area contributed by atoms with Gasteiger partial charge in [-0.2, -0.15) is 0 Å². The Kier molecular flexibility index (Phi) is 25.4. The van der Waals surface area contributed by atoms with Crippen LogP contribution < -0.4 is 0 Å². The topological polar surface area (TPSA) is 57.5 Å². The smallest absolute Gasteiger partial charge is 0 e. The first-order valence-electron chi connectivity index (χ1n) is 0.651. The second kappa shape index (κ2) is 9.74. The Hall–Kier alpha value is 1.54. The van der Waals surface area contributed by atoms with Crippen molar-refractivity contribution in [1.82, 2.24) is 0 Å². The zero-order valence-electron chi connectivity index (χ0n) is 2.16. The maximum atomic E-state index is 8.56. The van der Waals surface area contributed by atoms with Crippen LogP contribution in [0.1, 0.15) is 0 Å². The standard InChI is InChI=1S/CH2O3.K.Os.H/c2-1(3)4;;;/h(H2,2,3,4);;;. The third kappa shape index (κ3) is 48.1. The fourth-order valence-electron chi connectivity index (χ4n) is 0. The molecule has 5 heteroatoms. The van der Waals surface area contributed by atoms with E-state index in [0.717, 1.165) is 0 Å². The van der Waals surface area contributed by atoms with Gasteiger partial charge in [0.05, 0.1) is 0 Å². The normalized spacial score (nSPS) is 4.00. The molecule has 0 aliphatic carbocycles. The van der Waals surface area contributed by atoms with E-state index in [2.05, 4.69) is 0 Å². The molecule has 0 spiro atoms. The summed E-state index contributed by atoms with van der Waals surface area (Å²) in [5, 5.41) is 13.9. The van der Waals surface area contributed by atoms with Gasteiger partial charge in [-0.25, -0.2) is 4.79 Å². The molecule has 0 bridgehead atoms. The Morgan fingerprint density at radius 3 is 1.33 bits per heavy atom. The Balaban J connectivity index is -0.0000000450. The summed E-state index contributed by atoms with van der Waals surface area (Å²) in [4.78, 5) is 8.56. The quantitative estimate of drug-likeness (QED) is 0.596. The summed E-state index contributed by atoms with van der Waals surface area (Å²) in [6.07, 6.45) is -1.83. The van der Waals surface area contributed by atoms with Gasteiger partial charge in [-0.1, -0.05) is 0 Å². The molecule has 0 rings (SSSR count). The van der Waals surface area contributed by atoms with Gasteiger partial charge in [0.2, 0.25) is 0 Å². The van der Waals surface area contributed by atoms with Crippen molar-refractivity contribution >= 4 is 57.5 Å². The number of hydrogen-bond donors (Lipinski definition) is 2. The van der Waals surface area contributed by atoms with Gasteiger partial charge >= 0.3 is 57.5 Å². The van der Waals surface area contributed by atoms with Gasteiger partial charge in [0, 0.05) is 19.8 Å². The summed E-state index contributed by atoms with van der Waals surface area (Å²) in [5.41, 5.74) is 0. The van der Waals surface area contributed by atoms with Crippen LogP contribution in [0.4, 0.5) is 4.79 Å². The summed E-state index contributed by atoms with van der Waals surface area (Å²) in [6, 6.07) is 0. The van der Waals surface area contributed by atoms with Gasteiger partial charge < -0.3 is 10.2 Å². The molecular weight excluding hydrogens is 289 g/mol. The molecular formula is CH3KO3Os. The van der Waals surface area contributed by atoms with Crippen molar-refractivity contribution < 1.29 is 34.8 Å². The summed E-state index contributed by atoms with van der Waals surface area (Å²) >= 11 is 0. The fourth-order valence-corrected chi connectivity index (χ4v) is 0. The van der Waals surface area contributed by atoms with Crippen LogP contribution >= 0.6 is 0 Å². The van der Waals surface area contributed by atoms with Gasteiger partial charge in [-0.05, 0) is 0 Å². The molecule has 0 fully saturated rings. The zero-order chi connectivity index (χ0) is 3.58. The molecule has 0 aromatic carbocycles. The summed E-state index contributed by atoms with van der Waals surface area (Å²) in [7, 11) is 0. The average molecular weight is 292 g/mol. The minimum absolute atomic E-state index is 0. The number of hydrogen-bond acceptors (Lipinski definition) is 1. The number of carboxylic acid groups (broad SMARTS) is 2. The predicted molar refractivity (Wildman–Crippen MR) is 17.8 cm³/mol. The van der Waals surface area contributed by atoms with Crippen LogP contribution in [0.15, 0.2) is 0 Å². The summed E-state index contributed by atoms with van der Waals surface area (Å²) < 4.78 is 0. The van der Waals surface area contributed by atoms with Crippen LogP contribution in [0.5, 0.6) is 0 Å². The molecule has 0 aliphatic heterocycles. The molecule has 6 heavy (non-hydrogen) atoms. The van der Waals surface area contributed by atoms with Crippen LogP contribution in [0, 0.1) is 0 Å². The molecule has 3 nitrogen and oxygen atoms in total. The molecule has 0 radical (unpaired) electrons. The van der Waals surface area contributed by atoms with Crippen molar-refractivity contribution in [3.8, 4) is 0 Å². The molecule has 0 amide bonds. The van der Waals surface area contributed by atoms with Gasteiger partial charge in [0.1, 0.15) is 0 Å². The monoisotopic (exact) mass is 294 g/mol. The van der Waals surface area contributed by atoms with Crippen LogP contribution in [0.3, 0.4) is 0 Å². The van der Waals surface area contributed by atoms with E-state index in [9.17, 15) is 0 Å². The van der Waals surface area contributed by atoms with Crippen molar-refractivity contribution in [2.75, 3.05) is 0 Å². The van der Waals surface area contributed by atoms with Crippen LogP contribution in [0.25, 0.3) is 0 Å². The second-order valence-electron chi connectivity index (χ2n) is 0.283. The molecule has 2 N–H and O–H groups in total. The van der Waals surface area contributed by atoms with Crippen molar-refractivity contribution in [3.05, 3.63) is 0 Å². The first-order valence-corrected chi connectivity index (χ1v) is 0.651. The van der Waals surface area contributed by atoms with E-state index in [1.807, 2.05) is 0 Å². The molecule has 0 atom stereocenters.